The van der Waals surface area contributed by atoms with E-state index in [9.17, 15) is 4.79 Å². The zero-order valence-electron chi connectivity index (χ0n) is 13.4. The predicted molar refractivity (Wildman–Crippen MR) is 93.6 cm³/mol. The van der Waals surface area contributed by atoms with E-state index in [2.05, 4.69) is 31.2 Å². The van der Waals surface area contributed by atoms with Gasteiger partial charge in [-0.05, 0) is 38.3 Å². The van der Waals surface area contributed by atoms with Crippen molar-refractivity contribution in [3.8, 4) is 5.69 Å². The van der Waals surface area contributed by atoms with Gasteiger partial charge in [0.2, 0.25) is 0 Å². The maximum Gasteiger partial charge on any atom is 0.274 e. The number of aryl methyl sites for hydroxylation is 1. The lowest BCUT2D eigenvalue weighted by molar-refractivity contribution is 0.0765. The lowest BCUT2D eigenvalue weighted by Gasteiger charge is -2.25. The van der Waals surface area contributed by atoms with Crippen LogP contribution in [0.25, 0.3) is 5.69 Å². The highest BCUT2D eigenvalue weighted by Crippen LogP contribution is 2.29. The van der Waals surface area contributed by atoms with Gasteiger partial charge in [0.25, 0.3) is 5.91 Å². The Morgan fingerprint density at radius 2 is 1.87 bits per heavy atom. The van der Waals surface area contributed by atoms with Crippen LogP contribution in [-0.4, -0.2) is 45.2 Å². The molecule has 0 atom stereocenters. The molecule has 2 aliphatic rings. The van der Waals surface area contributed by atoms with Gasteiger partial charge in [-0.1, -0.05) is 17.7 Å². The lowest BCUT2D eigenvalue weighted by atomic mass is 10.2. The van der Waals surface area contributed by atoms with Gasteiger partial charge in [-0.25, -0.2) is 4.68 Å². The van der Waals surface area contributed by atoms with Crippen molar-refractivity contribution >= 4 is 17.7 Å². The van der Waals surface area contributed by atoms with Gasteiger partial charge in [-0.3, -0.25) is 4.79 Å². The fourth-order valence-corrected chi connectivity index (χ4v) is 4.33. The summed E-state index contributed by atoms with van der Waals surface area (Å²) in [7, 11) is 0. The SMILES string of the molecule is Cc1ccc(-n2nc(C(=O)N3CCSCC3)c3c2CCC3)cc1. The molecule has 1 fully saturated rings. The van der Waals surface area contributed by atoms with Gasteiger partial charge >= 0.3 is 0 Å². The Balaban J connectivity index is 1.72. The van der Waals surface area contributed by atoms with Crippen LogP contribution in [0, 0.1) is 6.92 Å². The molecule has 1 aromatic heterocycles. The Labute approximate surface area is 140 Å². The van der Waals surface area contributed by atoms with Gasteiger partial charge in [0.1, 0.15) is 0 Å². The number of aromatic nitrogens is 2. The maximum atomic E-state index is 12.9. The van der Waals surface area contributed by atoms with Crippen molar-refractivity contribution in [3.63, 3.8) is 0 Å². The quantitative estimate of drug-likeness (QED) is 0.851. The van der Waals surface area contributed by atoms with Crippen molar-refractivity contribution in [1.82, 2.24) is 14.7 Å². The van der Waals surface area contributed by atoms with E-state index in [-0.39, 0.29) is 5.91 Å². The van der Waals surface area contributed by atoms with Gasteiger partial charge in [-0.15, -0.1) is 0 Å². The van der Waals surface area contributed by atoms with Crippen LogP contribution in [-0.2, 0) is 12.8 Å². The highest BCUT2D eigenvalue weighted by atomic mass is 32.2. The zero-order chi connectivity index (χ0) is 15.8. The first-order chi connectivity index (χ1) is 11.2. The molecule has 1 amide bonds. The average molecular weight is 327 g/mol. The standard InChI is InChI=1S/C18H21N3OS/c1-13-5-7-14(8-6-13)21-16-4-2-3-15(16)17(19-21)18(22)20-9-11-23-12-10-20/h5-8H,2-4,9-12H2,1H3. The molecule has 0 N–H and O–H groups in total. The number of nitrogens with zero attached hydrogens (tertiary/aromatic N) is 3. The number of amides is 1. The molecule has 0 bridgehead atoms. The Hall–Kier alpha value is -1.75. The number of hydrogen-bond donors (Lipinski definition) is 0. The number of fused-ring (bicyclic) bond motifs is 1. The van der Waals surface area contributed by atoms with Crippen LogP contribution < -0.4 is 0 Å². The van der Waals surface area contributed by atoms with Gasteiger partial charge in [0.15, 0.2) is 5.69 Å². The molecule has 2 aromatic rings. The molecule has 23 heavy (non-hydrogen) atoms. The number of carbonyl (C=O) groups excluding carboxylic acids is 1. The summed E-state index contributed by atoms with van der Waals surface area (Å²) in [5, 5.41) is 4.73. The van der Waals surface area contributed by atoms with Crippen molar-refractivity contribution in [2.45, 2.75) is 26.2 Å². The van der Waals surface area contributed by atoms with Crippen molar-refractivity contribution in [1.29, 1.82) is 0 Å². The first kappa shape index (κ1) is 14.8. The van der Waals surface area contributed by atoms with Crippen LogP contribution in [0.5, 0.6) is 0 Å². The molecule has 1 aliphatic carbocycles. The number of hydrogen-bond acceptors (Lipinski definition) is 3. The molecule has 4 nitrogen and oxygen atoms in total. The normalized spacial score (nSPS) is 17.3. The monoisotopic (exact) mass is 327 g/mol. The summed E-state index contributed by atoms with van der Waals surface area (Å²) in [5.74, 6) is 2.19. The molecule has 1 aromatic carbocycles. The van der Waals surface area contributed by atoms with E-state index >= 15 is 0 Å². The van der Waals surface area contributed by atoms with Crippen molar-refractivity contribution in [2.24, 2.45) is 0 Å². The third kappa shape index (κ3) is 2.67. The minimum Gasteiger partial charge on any atom is -0.336 e. The highest BCUT2D eigenvalue weighted by molar-refractivity contribution is 7.99. The Morgan fingerprint density at radius 3 is 2.61 bits per heavy atom. The van der Waals surface area contributed by atoms with Gasteiger partial charge in [0, 0.05) is 35.9 Å². The molecule has 1 saturated heterocycles. The molecule has 1 aliphatic heterocycles. The summed E-state index contributed by atoms with van der Waals surface area (Å²) in [4.78, 5) is 14.9. The van der Waals surface area contributed by atoms with Crippen LogP contribution >= 0.6 is 11.8 Å². The topological polar surface area (TPSA) is 38.1 Å². The van der Waals surface area contributed by atoms with Gasteiger partial charge in [0.05, 0.1) is 5.69 Å². The first-order valence-electron chi connectivity index (χ1n) is 8.29. The summed E-state index contributed by atoms with van der Waals surface area (Å²) in [5.41, 5.74) is 5.38. The van der Waals surface area contributed by atoms with E-state index < -0.39 is 0 Å². The molecule has 120 valence electrons. The van der Waals surface area contributed by atoms with E-state index in [1.165, 1.54) is 16.8 Å². The summed E-state index contributed by atoms with van der Waals surface area (Å²) >= 11 is 1.92. The molecule has 2 heterocycles. The largest absolute Gasteiger partial charge is 0.336 e. The molecule has 5 heteroatoms. The second kappa shape index (κ2) is 6.04. The van der Waals surface area contributed by atoms with E-state index in [4.69, 9.17) is 5.10 Å². The van der Waals surface area contributed by atoms with Crippen LogP contribution in [0.4, 0.5) is 0 Å². The van der Waals surface area contributed by atoms with Gasteiger partial charge < -0.3 is 4.90 Å². The molecule has 0 unspecified atom stereocenters. The van der Waals surface area contributed by atoms with Crippen molar-refractivity contribution in [2.75, 3.05) is 24.6 Å². The van der Waals surface area contributed by atoms with Crippen molar-refractivity contribution in [3.05, 3.63) is 46.8 Å². The van der Waals surface area contributed by atoms with Gasteiger partial charge in [-0.2, -0.15) is 16.9 Å². The first-order valence-corrected chi connectivity index (χ1v) is 9.44. The Bertz CT molecular complexity index is 729. The Kier molecular flexibility index (Phi) is 3.89. The fraction of sp³-hybridized carbons (Fsp3) is 0.444. The third-order valence-corrected chi connectivity index (χ3v) is 5.65. The number of benzene rings is 1. The second-order valence-corrected chi connectivity index (χ2v) is 7.50. The summed E-state index contributed by atoms with van der Waals surface area (Å²) in [6.07, 6.45) is 3.11. The minimum absolute atomic E-state index is 0.120. The van der Waals surface area contributed by atoms with E-state index in [0.29, 0.717) is 5.69 Å². The number of thioether (sulfide) groups is 1. The van der Waals surface area contributed by atoms with E-state index in [0.717, 1.165) is 49.5 Å². The minimum atomic E-state index is 0.120. The van der Waals surface area contributed by atoms with Crippen LogP contribution in [0.15, 0.2) is 24.3 Å². The number of carbonyl (C=O) groups is 1. The predicted octanol–water partition coefficient (Wildman–Crippen LogP) is 2.86. The van der Waals surface area contributed by atoms with E-state index in [1.54, 1.807) is 0 Å². The summed E-state index contributed by atoms with van der Waals surface area (Å²) in [6.45, 7) is 3.77. The van der Waals surface area contributed by atoms with Crippen LogP contribution in [0.3, 0.4) is 0 Å². The van der Waals surface area contributed by atoms with Crippen molar-refractivity contribution < 1.29 is 4.79 Å². The molecule has 4 rings (SSSR count). The fourth-order valence-electron chi connectivity index (χ4n) is 3.42. The summed E-state index contributed by atoms with van der Waals surface area (Å²) < 4.78 is 1.99. The van der Waals surface area contributed by atoms with Crippen LogP contribution in [0.1, 0.15) is 33.7 Å². The number of rotatable bonds is 2. The molecule has 0 spiro atoms. The lowest BCUT2D eigenvalue weighted by Crippen LogP contribution is -2.38. The Morgan fingerprint density at radius 1 is 1.13 bits per heavy atom. The molecule has 0 saturated carbocycles. The highest BCUT2D eigenvalue weighted by Gasteiger charge is 2.30. The van der Waals surface area contributed by atoms with Crippen LogP contribution in [0.2, 0.25) is 0 Å². The summed E-state index contributed by atoms with van der Waals surface area (Å²) in [6, 6.07) is 8.38. The second-order valence-electron chi connectivity index (χ2n) is 6.28. The zero-order valence-corrected chi connectivity index (χ0v) is 14.2. The maximum absolute atomic E-state index is 12.9. The average Bonchev–Trinajstić information content (AvgIpc) is 3.18. The molecule has 0 radical (unpaired) electrons. The molecular formula is C18H21N3OS. The third-order valence-electron chi connectivity index (χ3n) is 4.71. The molecular weight excluding hydrogens is 306 g/mol. The van der Waals surface area contributed by atoms with E-state index in [1.807, 2.05) is 21.3 Å². The smallest absolute Gasteiger partial charge is 0.274 e.